The van der Waals surface area contributed by atoms with Crippen LogP contribution in [0.25, 0.3) is 10.9 Å². The smallest absolute Gasteiger partial charge is 0.249 e. The van der Waals surface area contributed by atoms with Crippen LogP contribution in [-0.2, 0) is 17.9 Å². The molecule has 11 heteroatoms. The quantitative estimate of drug-likeness (QED) is 0.150. The number of hydrogen-bond acceptors (Lipinski definition) is 6. The number of piperidine rings is 1. The van der Waals surface area contributed by atoms with Crippen molar-refractivity contribution in [2.75, 3.05) is 33.4 Å². The lowest BCUT2D eigenvalue weighted by Gasteiger charge is -2.40. The Kier molecular flexibility index (Phi) is 9.24. The van der Waals surface area contributed by atoms with Gasteiger partial charge in [0.2, 0.25) is 11.7 Å². The number of hydroxylamine groups is 1. The number of halogens is 4. The molecule has 1 aliphatic rings. The van der Waals surface area contributed by atoms with Crippen LogP contribution in [0.5, 0.6) is 11.5 Å². The second kappa shape index (κ2) is 12.6. The molecule has 1 aliphatic heterocycles. The van der Waals surface area contributed by atoms with Gasteiger partial charge in [0.15, 0.2) is 11.6 Å². The number of methoxy groups -OCH3 is 1. The fraction of sp³-hybridized carbons (Fsp3) is 0.429. The molecule has 0 saturated carbocycles. The van der Waals surface area contributed by atoms with Crippen molar-refractivity contribution in [1.29, 1.82) is 0 Å². The van der Waals surface area contributed by atoms with E-state index < -0.39 is 41.2 Å². The van der Waals surface area contributed by atoms with Gasteiger partial charge in [-0.1, -0.05) is 0 Å². The zero-order valence-electron chi connectivity index (χ0n) is 21.6. The number of amides is 1. The Morgan fingerprint density at radius 1 is 1.18 bits per heavy atom. The third-order valence-corrected chi connectivity index (χ3v) is 7.52. The summed E-state index contributed by atoms with van der Waals surface area (Å²) in [5.41, 5.74) is 3.01. The molecule has 0 aliphatic carbocycles. The van der Waals surface area contributed by atoms with Gasteiger partial charge in [-0.05, 0) is 69.0 Å². The van der Waals surface area contributed by atoms with E-state index in [-0.39, 0.29) is 6.61 Å². The van der Waals surface area contributed by atoms with Gasteiger partial charge in [-0.2, -0.15) is 4.39 Å². The molecule has 3 aromatic rings. The van der Waals surface area contributed by atoms with Crippen molar-refractivity contribution >= 4 is 16.8 Å². The van der Waals surface area contributed by atoms with Crippen LogP contribution in [0.4, 0.5) is 17.6 Å². The second-order valence-electron chi connectivity index (χ2n) is 9.74. The van der Waals surface area contributed by atoms with E-state index in [2.05, 4.69) is 4.98 Å². The van der Waals surface area contributed by atoms with Crippen molar-refractivity contribution in [3.63, 3.8) is 0 Å². The first kappa shape index (κ1) is 28.6. The summed E-state index contributed by atoms with van der Waals surface area (Å²) >= 11 is 0. The topological polar surface area (TPSA) is 83.9 Å². The number of likely N-dealkylation sites (tertiary alicyclic amines) is 1. The standard InChI is InChI=1S/C28H31F4N3O4/c1-38-20-4-5-24-22(15-20)21(18(16-29)17-33-24)3-2-6-28(27(36)34-37)7-9-35(10-8-28)11-12-39-25-14-19(30)13-23(31)26(25)32/h4-5,13-15,17,37H,2-3,6-12,16H2,1H3,(H,34,36). The van der Waals surface area contributed by atoms with Crippen LogP contribution in [0.3, 0.4) is 0 Å². The number of nitrogens with one attached hydrogen (secondary N) is 1. The minimum atomic E-state index is -1.32. The van der Waals surface area contributed by atoms with Gasteiger partial charge in [-0.15, -0.1) is 0 Å². The van der Waals surface area contributed by atoms with Crippen LogP contribution in [-0.4, -0.2) is 54.3 Å². The van der Waals surface area contributed by atoms with Crippen molar-refractivity contribution in [1.82, 2.24) is 15.4 Å². The highest BCUT2D eigenvalue weighted by Crippen LogP contribution is 2.38. The van der Waals surface area contributed by atoms with Gasteiger partial charge in [0.25, 0.3) is 0 Å². The van der Waals surface area contributed by atoms with E-state index in [9.17, 15) is 27.6 Å². The number of hydrogen-bond donors (Lipinski definition) is 2. The van der Waals surface area contributed by atoms with E-state index in [0.717, 1.165) is 22.5 Å². The van der Waals surface area contributed by atoms with Gasteiger partial charge in [-0.25, -0.2) is 18.7 Å². The van der Waals surface area contributed by atoms with Gasteiger partial charge in [0.05, 0.1) is 18.0 Å². The third-order valence-electron chi connectivity index (χ3n) is 7.52. The fourth-order valence-corrected chi connectivity index (χ4v) is 5.24. The first-order valence-corrected chi connectivity index (χ1v) is 12.7. The Morgan fingerprint density at radius 2 is 1.95 bits per heavy atom. The number of rotatable bonds is 11. The molecule has 1 amide bonds. The van der Waals surface area contributed by atoms with E-state index in [1.54, 1.807) is 18.7 Å². The summed E-state index contributed by atoms with van der Waals surface area (Å²) in [5.74, 6) is -3.82. The molecule has 0 bridgehead atoms. The molecule has 0 atom stereocenters. The van der Waals surface area contributed by atoms with Crippen molar-refractivity contribution in [2.24, 2.45) is 5.41 Å². The number of carbonyl (C=O) groups is 1. The minimum absolute atomic E-state index is 0.00357. The summed E-state index contributed by atoms with van der Waals surface area (Å²) in [4.78, 5) is 19.1. The lowest BCUT2D eigenvalue weighted by molar-refractivity contribution is -0.143. The monoisotopic (exact) mass is 549 g/mol. The number of fused-ring (bicyclic) bond motifs is 1. The number of aromatic nitrogens is 1. The average Bonchev–Trinajstić information content (AvgIpc) is 2.95. The summed E-state index contributed by atoms with van der Waals surface area (Å²) in [6.45, 7) is 0.702. The van der Waals surface area contributed by atoms with Crippen molar-refractivity contribution < 1.29 is 37.0 Å². The normalized spacial score (nSPS) is 15.3. The zero-order valence-corrected chi connectivity index (χ0v) is 21.6. The minimum Gasteiger partial charge on any atom is -0.497 e. The van der Waals surface area contributed by atoms with E-state index in [4.69, 9.17) is 9.47 Å². The molecule has 0 radical (unpaired) electrons. The Balaban J connectivity index is 1.38. The second-order valence-corrected chi connectivity index (χ2v) is 9.74. The van der Waals surface area contributed by atoms with Gasteiger partial charge in [-0.3, -0.25) is 19.9 Å². The molecule has 2 N–H and O–H groups in total. The molecule has 7 nitrogen and oxygen atoms in total. The average molecular weight is 550 g/mol. The molecule has 1 fully saturated rings. The summed E-state index contributed by atoms with van der Waals surface area (Å²) < 4.78 is 64.9. The lowest BCUT2D eigenvalue weighted by Crippen LogP contribution is -2.49. The summed E-state index contributed by atoms with van der Waals surface area (Å²) in [6, 6.07) is 6.68. The predicted molar refractivity (Wildman–Crippen MR) is 136 cm³/mol. The highest BCUT2D eigenvalue weighted by Gasteiger charge is 2.40. The third kappa shape index (κ3) is 6.42. The first-order chi connectivity index (χ1) is 18.8. The first-order valence-electron chi connectivity index (χ1n) is 12.7. The summed E-state index contributed by atoms with van der Waals surface area (Å²) in [5, 5.41) is 10.3. The SMILES string of the molecule is COc1ccc2ncc(CF)c(CCCC3(C(=O)NO)CCN(CCOc4cc(F)cc(F)c4F)CC3)c2c1. The van der Waals surface area contributed by atoms with Crippen LogP contribution in [0.2, 0.25) is 0 Å². The molecule has 1 aromatic heterocycles. The maximum absolute atomic E-state index is 13.8. The summed E-state index contributed by atoms with van der Waals surface area (Å²) in [6.07, 6.45) is 3.98. The number of benzene rings is 2. The number of alkyl halides is 1. The number of ether oxygens (including phenoxy) is 2. The molecule has 0 spiro atoms. The molecule has 4 rings (SSSR count). The highest BCUT2D eigenvalue weighted by atomic mass is 19.2. The van der Waals surface area contributed by atoms with E-state index in [0.29, 0.717) is 69.1 Å². The maximum atomic E-state index is 13.8. The Bertz CT molecular complexity index is 1310. The lowest BCUT2D eigenvalue weighted by atomic mass is 9.73. The zero-order chi connectivity index (χ0) is 28.0. The van der Waals surface area contributed by atoms with Gasteiger partial charge < -0.3 is 9.47 Å². The van der Waals surface area contributed by atoms with E-state index in [1.807, 2.05) is 17.0 Å². The van der Waals surface area contributed by atoms with E-state index >= 15 is 0 Å². The van der Waals surface area contributed by atoms with Gasteiger partial charge in [0.1, 0.15) is 24.8 Å². The fourth-order valence-electron chi connectivity index (χ4n) is 5.24. The molecular formula is C28H31F4N3O4. The van der Waals surface area contributed by atoms with Crippen LogP contribution >= 0.6 is 0 Å². The summed E-state index contributed by atoms with van der Waals surface area (Å²) in [7, 11) is 1.56. The van der Waals surface area contributed by atoms with Crippen LogP contribution in [0.1, 0.15) is 36.8 Å². The molecule has 1 saturated heterocycles. The molecule has 39 heavy (non-hydrogen) atoms. The van der Waals surface area contributed by atoms with Crippen molar-refractivity contribution in [3.05, 3.63) is 65.1 Å². The van der Waals surface area contributed by atoms with Crippen molar-refractivity contribution in [3.8, 4) is 11.5 Å². The molecule has 0 unspecified atom stereocenters. The number of aryl methyl sites for hydroxylation is 1. The van der Waals surface area contributed by atoms with Crippen LogP contribution < -0.4 is 15.0 Å². The number of nitrogens with zero attached hydrogens (tertiary/aromatic N) is 2. The number of pyridine rings is 1. The maximum Gasteiger partial charge on any atom is 0.249 e. The Morgan fingerprint density at radius 3 is 2.64 bits per heavy atom. The molecule has 2 heterocycles. The van der Waals surface area contributed by atoms with Crippen LogP contribution in [0.15, 0.2) is 36.5 Å². The Hall–Kier alpha value is -3.44. The van der Waals surface area contributed by atoms with Gasteiger partial charge >= 0.3 is 0 Å². The largest absolute Gasteiger partial charge is 0.497 e. The predicted octanol–water partition coefficient (Wildman–Crippen LogP) is 5.12. The molecular weight excluding hydrogens is 518 g/mol. The number of carbonyl (C=O) groups excluding carboxylic acids is 1. The highest BCUT2D eigenvalue weighted by molar-refractivity contribution is 5.84. The Labute approximate surface area is 223 Å². The molecule has 210 valence electrons. The van der Waals surface area contributed by atoms with Crippen LogP contribution in [0, 0.1) is 22.9 Å². The molecule has 2 aromatic carbocycles. The van der Waals surface area contributed by atoms with Gasteiger partial charge in [0, 0.05) is 35.8 Å². The van der Waals surface area contributed by atoms with Crippen molar-refractivity contribution in [2.45, 2.75) is 38.8 Å². The van der Waals surface area contributed by atoms with E-state index in [1.165, 1.54) is 6.20 Å².